The maximum absolute atomic E-state index is 15.1. The fraction of sp³-hybridized carbons (Fsp3) is 0.782. The van der Waals surface area contributed by atoms with Gasteiger partial charge in [-0.2, -0.15) is 0 Å². The Hall–Kier alpha value is -7.93. The monoisotopic (exact) mass is 1860 g/mol. The van der Waals surface area contributed by atoms with Crippen molar-refractivity contribution >= 4 is 65.0 Å². The molecule has 51 heteroatoms. The number of amides is 11. The number of nitrogens with one attached hydrogen (secondary N) is 9. The van der Waals surface area contributed by atoms with Crippen molar-refractivity contribution in [3.8, 4) is 5.75 Å². The van der Waals surface area contributed by atoms with Crippen molar-refractivity contribution in [2.45, 2.75) is 170 Å². The first kappa shape index (κ1) is 113. The van der Waals surface area contributed by atoms with Crippen LogP contribution < -0.4 is 52.6 Å². The van der Waals surface area contributed by atoms with Crippen LogP contribution in [-0.4, -0.2) is 483 Å². The van der Waals surface area contributed by atoms with E-state index in [1.807, 2.05) is 0 Å². The van der Waals surface area contributed by atoms with Crippen LogP contribution in [0.3, 0.4) is 0 Å². The summed E-state index contributed by atoms with van der Waals surface area (Å²) in [5.74, 6) is -8.00. The van der Waals surface area contributed by atoms with Crippen molar-refractivity contribution in [2.75, 3.05) is 225 Å². The Kier molecular flexibility index (Phi) is 57.0. The highest BCUT2D eigenvalue weighted by atomic mass is 16.7. The normalized spacial score (nSPS) is 23.2. The molecule has 0 bridgehead atoms. The second-order valence-corrected chi connectivity index (χ2v) is 29.1. The molecule has 740 valence electrons. The number of hydrogen-bond acceptors (Lipinski definition) is 40. The van der Waals surface area contributed by atoms with Gasteiger partial charge >= 0.3 is 0 Å². The standard InChI is InChI=1S/C78H133N11O40/c1-7-122-51-10-8-50(9-11-51)73(111)87-52(75(112)89(40-59(100)81-16-20-116-22-26-118-30-34-123-74(86-49(5)97)72(110)65(103)53(42-90)113-6)41-60(101)82-17-21-117-25-29-121-33-37-126-78-64(85-48(4)96)71(109)68(106)56(45-93)129-78)12-13-61(102)88(38-57(98)79-14-18-114-23-27-119-31-35-124-76-62(83-46(2)94)69(107)66(104)54(43-91)127-76)39-58(99)80-15-19-115-24-28-120-32-36-125-77-63(84-47(3)95)70(108)67(105)55(44-92)128-77/h8-11,52-56,62-72,74,76-78,90-93,103-110H,7,12-45H2,1-6H3,(H,79,98)(H,80,99)(H,81,100)(H,82,101)(H,83,94)(H,84,95)(H,85,96)(H,86,97)(H,87,111). The molecule has 0 aliphatic carbocycles. The first-order valence-corrected chi connectivity index (χ1v) is 42.0. The molecule has 3 aliphatic rings. The van der Waals surface area contributed by atoms with Crippen molar-refractivity contribution in [2.24, 2.45) is 0 Å². The molecule has 1 aromatic rings. The Morgan fingerprint density at radius 1 is 0.419 bits per heavy atom. The number of ether oxygens (including phenoxy) is 17. The summed E-state index contributed by atoms with van der Waals surface area (Å²) in [4.78, 5) is 148. The first-order valence-electron chi connectivity index (χ1n) is 42.0. The van der Waals surface area contributed by atoms with Crippen LogP contribution in [0.5, 0.6) is 5.75 Å². The van der Waals surface area contributed by atoms with Gasteiger partial charge in [-0.15, -0.1) is 0 Å². The average Bonchev–Trinajstić information content (AvgIpc) is 0.813. The molecule has 3 fully saturated rings. The van der Waals surface area contributed by atoms with Crippen molar-refractivity contribution in [1.29, 1.82) is 0 Å². The number of hydrogen-bond donors (Lipinski definition) is 21. The summed E-state index contributed by atoms with van der Waals surface area (Å²) in [7, 11) is 1.20. The fourth-order valence-corrected chi connectivity index (χ4v) is 12.6. The van der Waals surface area contributed by atoms with Gasteiger partial charge in [-0.25, -0.2) is 0 Å². The third-order valence-corrected chi connectivity index (χ3v) is 19.1. The Bertz CT molecular complexity index is 3330. The minimum atomic E-state index is -1.75. The lowest BCUT2D eigenvalue weighted by Crippen LogP contribution is -2.64. The summed E-state index contributed by atoms with van der Waals surface area (Å²) in [5.41, 5.74) is -0.00759. The second-order valence-electron chi connectivity index (χ2n) is 29.1. The van der Waals surface area contributed by atoms with E-state index in [2.05, 4.69) is 47.9 Å². The zero-order chi connectivity index (χ0) is 95.2. The minimum Gasteiger partial charge on any atom is -0.494 e. The van der Waals surface area contributed by atoms with Gasteiger partial charge in [0.15, 0.2) is 25.1 Å². The van der Waals surface area contributed by atoms with Gasteiger partial charge in [-0.3, -0.25) is 52.7 Å². The van der Waals surface area contributed by atoms with Crippen molar-refractivity contribution in [1.82, 2.24) is 57.7 Å². The van der Waals surface area contributed by atoms with Crippen LogP contribution in [0.1, 0.15) is 57.8 Å². The van der Waals surface area contributed by atoms with Crippen molar-refractivity contribution in [3.63, 3.8) is 0 Å². The van der Waals surface area contributed by atoms with Gasteiger partial charge < -0.3 is 199 Å². The molecular formula is C78H133N11O40. The lowest BCUT2D eigenvalue weighted by atomic mass is 9.97. The van der Waals surface area contributed by atoms with Gasteiger partial charge in [-0.1, -0.05) is 0 Å². The largest absolute Gasteiger partial charge is 0.494 e. The summed E-state index contributed by atoms with van der Waals surface area (Å²) in [5, 5.41) is 145. The molecular weight excluding hydrogens is 1730 g/mol. The molecule has 51 nitrogen and oxygen atoms in total. The highest BCUT2D eigenvalue weighted by molar-refractivity contribution is 5.99. The van der Waals surface area contributed by atoms with E-state index in [4.69, 9.17) is 80.5 Å². The summed E-state index contributed by atoms with van der Waals surface area (Å²) in [6, 6.07) is 0.444. The number of carbonyl (C=O) groups is 11. The minimum absolute atomic E-state index is 0.00338. The average molecular weight is 1860 g/mol. The van der Waals surface area contributed by atoms with Crippen LogP contribution in [0, 0.1) is 0 Å². The van der Waals surface area contributed by atoms with E-state index in [-0.39, 0.29) is 170 Å². The highest BCUT2D eigenvalue weighted by Gasteiger charge is 2.48. The van der Waals surface area contributed by atoms with E-state index in [9.17, 15) is 109 Å². The molecule has 20 atom stereocenters. The summed E-state index contributed by atoms with van der Waals surface area (Å²) < 4.78 is 94.2. The number of methoxy groups -OCH3 is 1. The van der Waals surface area contributed by atoms with E-state index in [1.165, 1.54) is 52.1 Å². The molecule has 0 radical (unpaired) electrons. The molecule has 3 aliphatic heterocycles. The van der Waals surface area contributed by atoms with E-state index < -0.39 is 253 Å². The molecule has 3 saturated heterocycles. The third-order valence-electron chi connectivity index (χ3n) is 19.1. The molecule has 129 heavy (non-hydrogen) atoms. The van der Waals surface area contributed by atoms with Crippen LogP contribution in [0.4, 0.5) is 0 Å². The highest BCUT2D eigenvalue weighted by Crippen LogP contribution is 2.26. The molecule has 20 unspecified atom stereocenters. The number of aliphatic hydroxyl groups is 12. The van der Waals surface area contributed by atoms with E-state index in [0.29, 0.717) is 5.75 Å². The third kappa shape index (κ3) is 43.5. The first-order chi connectivity index (χ1) is 61.8. The van der Waals surface area contributed by atoms with Crippen LogP contribution in [0.25, 0.3) is 0 Å². The van der Waals surface area contributed by atoms with Crippen LogP contribution in [-0.2, 0) is 124 Å². The van der Waals surface area contributed by atoms with Gasteiger partial charge in [0.05, 0.1) is 165 Å². The Balaban J connectivity index is 1.48. The zero-order valence-electron chi connectivity index (χ0n) is 73.3. The maximum Gasteiger partial charge on any atom is 0.251 e. The summed E-state index contributed by atoms with van der Waals surface area (Å²) in [6.07, 6.45) is -23.9. The molecule has 0 aromatic heterocycles. The fourth-order valence-electron chi connectivity index (χ4n) is 12.6. The number of nitrogens with zero attached hydrogens (tertiary/aromatic N) is 2. The molecule has 4 rings (SSSR count). The van der Waals surface area contributed by atoms with Gasteiger partial charge in [0.25, 0.3) is 5.91 Å². The lowest BCUT2D eigenvalue weighted by molar-refractivity contribution is -0.272. The molecule has 11 amide bonds. The Morgan fingerprint density at radius 2 is 0.752 bits per heavy atom. The van der Waals surface area contributed by atoms with Gasteiger partial charge in [0.1, 0.15) is 129 Å². The van der Waals surface area contributed by atoms with Gasteiger partial charge in [0.2, 0.25) is 59.1 Å². The van der Waals surface area contributed by atoms with Crippen LogP contribution in [0.2, 0.25) is 0 Å². The Labute approximate surface area is 744 Å². The van der Waals surface area contributed by atoms with Gasteiger partial charge in [0, 0.05) is 73.0 Å². The molecule has 1 aromatic carbocycles. The zero-order valence-corrected chi connectivity index (χ0v) is 73.3. The molecule has 3 heterocycles. The summed E-state index contributed by atoms with van der Waals surface area (Å²) in [6.45, 7) is -1.14. The van der Waals surface area contributed by atoms with Crippen molar-refractivity contribution in [3.05, 3.63) is 29.8 Å². The van der Waals surface area contributed by atoms with Gasteiger partial charge in [-0.05, 0) is 37.6 Å². The van der Waals surface area contributed by atoms with E-state index in [1.54, 1.807) is 6.92 Å². The predicted octanol–water partition coefficient (Wildman–Crippen LogP) is -12.7. The molecule has 0 spiro atoms. The summed E-state index contributed by atoms with van der Waals surface area (Å²) >= 11 is 0. The smallest absolute Gasteiger partial charge is 0.251 e. The topological polar surface area (TPSA) is 702 Å². The SMILES string of the molecule is CCOc1ccc(C(=O)NC(CCC(=O)N(CC(=O)NCCOCCOCCOC2OC(CO)C(O)C(O)C2NC(C)=O)CC(=O)NCCOCCOCCOC2OC(CO)C(O)C(O)C2NC(C)=O)C(=O)N(CC(=O)NCCOCCOCCOC(NC(C)=O)C(O)C(O)C(CO)OC)CC(=O)NCCOCCOCCOC2OC(CO)C(O)C(O)C2NC(C)=O)cc1. The molecule has 21 N–H and O–H groups in total. The number of aliphatic hydroxyl groups excluding tert-OH is 12. The predicted molar refractivity (Wildman–Crippen MR) is 437 cm³/mol. The lowest BCUT2D eigenvalue weighted by Gasteiger charge is -2.42. The second kappa shape index (κ2) is 64.8. The van der Waals surface area contributed by atoms with E-state index >= 15 is 4.79 Å². The number of benzene rings is 1. The van der Waals surface area contributed by atoms with Crippen LogP contribution in [0.15, 0.2) is 24.3 Å². The van der Waals surface area contributed by atoms with E-state index in [0.717, 1.165) is 16.7 Å². The maximum atomic E-state index is 15.1. The van der Waals surface area contributed by atoms with Crippen molar-refractivity contribution < 1.29 is 195 Å². The molecule has 0 saturated carbocycles. The Morgan fingerprint density at radius 3 is 1.07 bits per heavy atom. The van der Waals surface area contributed by atoms with Crippen LogP contribution >= 0.6 is 0 Å². The quantitative estimate of drug-likeness (QED) is 0.0213. The number of carbonyl (C=O) groups excluding carboxylic acids is 11. The number of rotatable bonds is 68.